The van der Waals surface area contributed by atoms with E-state index in [0.717, 1.165) is 6.42 Å². The average Bonchev–Trinajstić information content (AvgIpc) is 1.97. The minimum atomic E-state index is -3.27. The molecule has 0 bridgehead atoms. The van der Waals surface area contributed by atoms with Gasteiger partial charge >= 0.3 is 0 Å². The van der Waals surface area contributed by atoms with Crippen molar-refractivity contribution in [3.8, 4) is 0 Å². The standard InChI is InChI=1S/C7H16N2O2S2/c1-3-5-9(4-2)13(10,11)6-7(8)12/h3-6H2,1-2H3,(H2,8,12). The number of thiocarbonyl (C=S) groups is 1. The first-order valence-electron chi connectivity index (χ1n) is 4.20. The second-order valence-corrected chi connectivity index (χ2v) is 5.21. The van der Waals surface area contributed by atoms with Gasteiger partial charge in [0.15, 0.2) is 0 Å². The van der Waals surface area contributed by atoms with Crippen molar-refractivity contribution in [2.45, 2.75) is 20.3 Å². The van der Waals surface area contributed by atoms with E-state index >= 15 is 0 Å². The summed E-state index contributed by atoms with van der Waals surface area (Å²) in [6.45, 7) is 4.73. The van der Waals surface area contributed by atoms with Crippen molar-refractivity contribution < 1.29 is 8.42 Å². The molecule has 0 atom stereocenters. The minimum Gasteiger partial charge on any atom is -0.392 e. The van der Waals surface area contributed by atoms with Gasteiger partial charge in [0.25, 0.3) is 0 Å². The largest absolute Gasteiger partial charge is 0.392 e. The van der Waals surface area contributed by atoms with Gasteiger partial charge in [-0.25, -0.2) is 12.7 Å². The van der Waals surface area contributed by atoms with Gasteiger partial charge in [0, 0.05) is 13.1 Å². The van der Waals surface area contributed by atoms with Crippen LogP contribution in [0.15, 0.2) is 0 Å². The molecular weight excluding hydrogens is 208 g/mol. The average molecular weight is 224 g/mol. The molecule has 0 rings (SSSR count). The molecule has 0 saturated carbocycles. The van der Waals surface area contributed by atoms with Crippen LogP contribution in [0, 0.1) is 0 Å². The predicted octanol–water partition coefficient (Wildman–Crippen LogP) is 0.334. The molecule has 0 heterocycles. The zero-order chi connectivity index (χ0) is 10.5. The molecule has 13 heavy (non-hydrogen) atoms. The fraction of sp³-hybridized carbons (Fsp3) is 0.857. The molecule has 4 nitrogen and oxygen atoms in total. The third kappa shape index (κ3) is 4.54. The molecule has 0 fully saturated rings. The second kappa shape index (κ2) is 5.51. The predicted molar refractivity (Wildman–Crippen MR) is 58.1 cm³/mol. The van der Waals surface area contributed by atoms with Gasteiger partial charge in [0.05, 0.1) is 4.99 Å². The first-order chi connectivity index (χ1) is 5.94. The number of hydrogen-bond donors (Lipinski definition) is 1. The lowest BCUT2D eigenvalue weighted by Crippen LogP contribution is -2.37. The second-order valence-electron chi connectivity index (χ2n) is 2.71. The number of hydrogen-bond acceptors (Lipinski definition) is 3. The Labute approximate surface area is 85.1 Å². The van der Waals surface area contributed by atoms with E-state index in [9.17, 15) is 8.42 Å². The van der Waals surface area contributed by atoms with Crippen LogP contribution in [0.2, 0.25) is 0 Å². The molecule has 0 spiro atoms. The number of sulfonamides is 1. The Bertz CT molecular complexity index is 262. The Morgan fingerprint density at radius 1 is 1.46 bits per heavy atom. The van der Waals surface area contributed by atoms with E-state index in [4.69, 9.17) is 5.73 Å². The Balaban J connectivity index is 4.48. The van der Waals surface area contributed by atoms with Crippen molar-refractivity contribution in [2.24, 2.45) is 5.73 Å². The Morgan fingerprint density at radius 3 is 2.31 bits per heavy atom. The zero-order valence-electron chi connectivity index (χ0n) is 7.99. The highest BCUT2D eigenvalue weighted by Gasteiger charge is 2.19. The van der Waals surface area contributed by atoms with Gasteiger partial charge in [-0.1, -0.05) is 26.1 Å². The third-order valence-electron chi connectivity index (χ3n) is 1.54. The van der Waals surface area contributed by atoms with Gasteiger partial charge in [-0.3, -0.25) is 0 Å². The lowest BCUT2D eigenvalue weighted by atomic mass is 10.5. The summed E-state index contributed by atoms with van der Waals surface area (Å²) in [7, 11) is -3.27. The van der Waals surface area contributed by atoms with Crippen molar-refractivity contribution in [3.05, 3.63) is 0 Å². The molecule has 0 aromatic carbocycles. The van der Waals surface area contributed by atoms with Gasteiger partial charge in [0.1, 0.15) is 5.75 Å². The Morgan fingerprint density at radius 2 is 2.00 bits per heavy atom. The molecule has 0 aliphatic rings. The monoisotopic (exact) mass is 224 g/mol. The topological polar surface area (TPSA) is 63.4 Å². The number of rotatable bonds is 6. The van der Waals surface area contributed by atoms with E-state index in [1.165, 1.54) is 4.31 Å². The quantitative estimate of drug-likeness (QED) is 0.661. The van der Waals surface area contributed by atoms with Crippen molar-refractivity contribution in [3.63, 3.8) is 0 Å². The van der Waals surface area contributed by atoms with Crippen LogP contribution in [0.5, 0.6) is 0 Å². The zero-order valence-corrected chi connectivity index (χ0v) is 9.62. The first kappa shape index (κ1) is 12.8. The molecule has 0 aromatic rings. The third-order valence-corrected chi connectivity index (χ3v) is 3.77. The van der Waals surface area contributed by atoms with Crippen LogP contribution in [-0.2, 0) is 10.0 Å². The van der Waals surface area contributed by atoms with Gasteiger partial charge in [0.2, 0.25) is 10.0 Å². The van der Waals surface area contributed by atoms with Crippen LogP contribution in [0.1, 0.15) is 20.3 Å². The van der Waals surface area contributed by atoms with E-state index in [2.05, 4.69) is 12.2 Å². The molecule has 0 aliphatic heterocycles. The van der Waals surface area contributed by atoms with Crippen LogP contribution in [0.25, 0.3) is 0 Å². The summed E-state index contributed by atoms with van der Waals surface area (Å²) in [5.74, 6) is -0.226. The summed E-state index contributed by atoms with van der Waals surface area (Å²) >= 11 is 4.57. The molecule has 0 saturated heterocycles. The lowest BCUT2D eigenvalue weighted by Gasteiger charge is -2.18. The van der Waals surface area contributed by atoms with Gasteiger partial charge < -0.3 is 5.73 Å². The molecule has 78 valence electrons. The minimum absolute atomic E-state index is 0.0227. The smallest absolute Gasteiger partial charge is 0.220 e. The van der Waals surface area contributed by atoms with Gasteiger partial charge in [-0.05, 0) is 6.42 Å². The molecule has 0 unspecified atom stereocenters. The fourth-order valence-corrected chi connectivity index (χ4v) is 2.86. The fourth-order valence-electron chi connectivity index (χ4n) is 1.01. The molecule has 6 heteroatoms. The summed E-state index contributed by atoms with van der Waals surface area (Å²) in [5.41, 5.74) is 5.19. The SMILES string of the molecule is CCCN(CC)S(=O)(=O)CC(N)=S. The maximum atomic E-state index is 11.5. The van der Waals surface area contributed by atoms with E-state index < -0.39 is 10.0 Å². The Kier molecular flexibility index (Phi) is 5.43. The molecular formula is C7H16N2O2S2. The summed E-state index contributed by atoms with van der Waals surface area (Å²) in [6.07, 6.45) is 0.796. The van der Waals surface area contributed by atoms with E-state index in [1.54, 1.807) is 6.92 Å². The van der Waals surface area contributed by atoms with Gasteiger partial charge in [-0.2, -0.15) is 0 Å². The summed E-state index contributed by atoms with van der Waals surface area (Å²) in [6, 6.07) is 0. The normalized spacial score (nSPS) is 11.9. The lowest BCUT2D eigenvalue weighted by molar-refractivity contribution is 0.430. The van der Waals surface area contributed by atoms with Crippen LogP contribution < -0.4 is 5.73 Å². The van der Waals surface area contributed by atoms with E-state index in [0.29, 0.717) is 13.1 Å². The van der Waals surface area contributed by atoms with Crippen molar-refractivity contribution >= 4 is 27.2 Å². The molecule has 2 N–H and O–H groups in total. The summed E-state index contributed by atoms with van der Waals surface area (Å²) < 4.78 is 24.4. The first-order valence-corrected chi connectivity index (χ1v) is 6.22. The van der Waals surface area contributed by atoms with Crippen LogP contribution in [0.4, 0.5) is 0 Å². The highest BCUT2D eigenvalue weighted by atomic mass is 32.2. The summed E-state index contributed by atoms with van der Waals surface area (Å²) in [4.78, 5) is 0.0227. The van der Waals surface area contributed by atoms with Crippen LogP contribution in [-0.4, -0.2) is 36.6 Å². The molecule has 0 radical (unpaired) electrons. The maximum Gasteiger partial charge on any atom is 0.220 e. The molecule has 0 aliphatic carbocycles. The summed E-state index contributed by atoms with van der Waals surface area (Å²) in [5, 5.41) is 0. The number of nitrogens with zero attached hydrogens (tertiary/aromatic N) is 1. The van der Waals surface area contributed by atoms with E-state index in [1.807, 2.05) is 6.92 Å². The van der Waals surface area contributed by atoms with Crippen molar-refractivity contribution in [1.82, 2.24) is 4.31 Å². The number of nitrogens with two attached hydrogens (primary N) is 1. The van der Waals surface area contributed by atoms with E-state index in [-0.39, 0.29) is 10.7 Å². The Hall–Kier alpha value is -0.200. The van der Waals surface area contributed by atoms with Crippen LogP contribution >= 0.6 is 12.2 Å². The maximum absolute atomic E-state index is 11.5. The van der Waals surface area contributed by atoms with Gasteiger partial charge in [-0.15, -0.1) is 0 Å². The van der Waals surface area contributed by atoms with Crippen molar-refractivity contribution in [2.75, 3.05) is 18.8 Å². The van der Waals surface area contributed by atoms with Crippen molar-refractivity contribution in [1.29, 1.82) is 0 Å². The highest BCUT2D eigenvalue weighted by Crippen LogP contribution is 2.02. The molecule has 0 aromatic heterocycles. The highest BCUT2D eigenvalue weighted by molar-refractivity contribution is 7.92. The van der Waals surface area contributed by atoms with Crippen LogP contribution in [0.3, 0.4) is 0 Å². The molecule has 0 amide bonds.